The van der Waals surface area contributed by atoms with Crippen LogP contribution in [0.4, 0.5) is 13.2 Å². The van der Waals surface area contributed by atoms with Crippen molar-refractivity contribution in [2.45, 2.75) is 12.8 Å². The number of aliphatic carboxylic acids is 1. The third kappa shape index (κ3) is 4.44. The summed E-state index contributed by atoms with van der Waals surface area (Å²) in [6.45, 7) is -0.788. The first kappa shape index (κ1) is 19.7. The summed E-state index contributed by atoms with van der Waals surface area (Å²) in [5.41, 5.74) is 1.15. The maximum absolute atomic E-state index is 13.1. The Kier molecular flexibility index (Phi) is 5.58. The highest BCUT2D eigenvalue weighted by Crippen LogP contribution is 2.38. The molecule has 1 aliphatic rings. The molecule has 1 fully saturated rings. The van der Waals surface area contributed by atoms with E-state index >= 15 is 0 Å². The molecule has 0 aromatic heterocycles. The van der Waals surface area contributed by atoms with Crippen LogP contribution in [0.3, 0.4) is 0 Å². The summed E-state index contributed by atoms with van der Waals surface area (Å²) in [5.74, 6) is -5.40. The summed E-state index contributed by atoms with van der Waals surface area (Å²) >= 11 is 0. The summed E-state index contributed by atoms with van der Waals surface area (Å²) < 4.78 is 44.8. The van der Waals surface area contributed by atoms with Crippen LogP contribution in [0.1, 0.15) is 15.9 Å². The van der Waals surface area contributed by atoms with Gasteiger partial charge in [-0.15, -0.1) is 0 Å². The predicted molar refractivity (Wildman–Crippen MR) is 93.8 cm³/mol. The molecule has 2 aromatic carbocycles. The van der Waals surface area contributed by atoms with Crippen molar-refractivity contribution in [3.63, 3.8) is 0 Å². The van der Waals surface area contributed by atoms with Gasteiger partial charge in [-0.25, -0.2) is 0 Å². The van der Waals surface area contributed by atoms with Crippen LogP contribution < -0.4 is 4.74 Å². The number of carbonyl (C=O) groups excluding carboxylic acids is 1. The first-order valence-corrected chi connectivity index (χ1v) is 8.61. The van der Waals surface area contributed by atoms with Crippen molar-refractivity contribution < 1.29 is 32.6 Å². The number of nitrogens with zero attached hydrogens (tertiary/aromatic N) is 1. The van der Waals surface area contributed by atoms with Gasteiger partial charge >= 0.3 is 12.1 Å². The molecule has 148 valence electrons. The van der Waals surface area contributed by atoms with Gasteiger partial charge in [0.05, 0.1) is 11.8 Å². The number of hydrogen-bond donors (Lipinski definition) is 1. The predicted octanol–water partition coefficient (Wildman–Crippen LogP) is 3.60. The molecule has 1 aliphatic heterocycles. The fourth-order valence-electron chi connectivity index (χ4n) is 3.17. The van der Waals surface area contributed by atoms with E-state index in [-0.39, 0.29) is 5.56 Å². The van der Waals surface area contributed by atoms with E-state index in [1.165, 1.54) is 12.1 Å². The molecular formula is C20H18F3NO4. The number of ether oxygens (including phenoxy) is 1. The second-order valence-corrected chi connectivity index (χ2v) is 6.60. The van der Waals surface area contributed by atoms with Gasteiger partial charge in [0.1, 0.15) is 12.4 Å². The molecule has 0 saturated carbocycles. The van der Waals surface area contributed by atoms with E-state index in [4.69, 9.17) is 9.84 Å². The van der Waals surface area contributed by atoms with Crippen LogP contribution in [0.2, 0.25) is 0 Å². The number of halogens is 3. The van der Waals surface area contributed by atoms with Crippen LogP contribution in [0, 0.1) is 11.8 Å². The van der Waals surface area contributed by atoms with Crippen molar-refractivity contribution >= 4 is 11.9 Å². The number of carboxylic acids is 1. The Morgan fingerprint density at radius 1 is 1.04 bits per heavy atom. The molecule has 1 N–H and O–H groups in total. The Hall–Kier alpha value is -3.03. The van der Waals surface area contributed by atoms with Crippen molar-refractivity contribution in [3.8, 4) is 5.75 Å². The molecule has 0 radical (unpaired) electrons. The summed E-state index contributed by atoms with van der Waals surface area (Å²) in [6.07, 6.45) is -4.67. The van der Waals surface area contributed by atoms with E-state index in [9.17, 15) is 22.8 Å². The lowest BCUT2D eigenvalue weighted by Crippen LogP contribution is -2.34. The molecule has 5 nitrogen and oxygen atoms in total. The van der Waals surface area contributed by atoms with E-state index in [2.05, 4.69) is 0 Å². The van der Waals surface area contributed by atoms with Gasteiger partial charge in [0, 0.05) is 18.7 Å². The standard InChI is InChI=1S/C20H18F3NO4/c21-20(22,23)17-11-24(10-16(17)19(26)27)18(25)14-6-8-15(9-7-14)28-12-13-4-2-1-3-5-13/h1-9,16-17H,10-12H2,(H,26,27)/t16-,17-/m1/s1. The van der Waals surface area contributed by atoms with E-state index in [1.807, 2.05) is 30.3 Å². The minimum atomic E-state index is -4.67. The molecule has 28 heavy (non-hydrogen) atoms. The lowest BCUT2D eigenvalue weighted by molar-refractivity contribution is -0.187. The summed E-state index contributed by atoms with van der Waals surface area (Å²) in [4.78, 5) is 24.6. The van der Waals surface area contributed by atoms with Crippen molar-refractivity contribution in [1.29, 1.82) is 0 Å². The third-order valence-electron chi connectivity index (χ3n) is 4.69. The smallest absolute Gasteiger partial charge is 0.394 e. The van der Waals surface area contributed by atoms with Crippen LogP contribution in [0.25, 0.3) is 0 Å². The zero-order chi connectivity index (χ0) is 20.3. The molecule has 1 saturated heterocycles. The highest BCUT2D eigenvalue weighted by Gasteiger charge is 2.53. The molecule has 1 heterocycles. The fourth-order valence-corrected chi connectivity index (χ4v) is 3.17. The molecule has 8 heteroatoms. The summed E-state index contributed by atoms with van der Waals surface area (Å²) in [5, 5.41) is 9.05. The van der Waals surface area contributed by atoms with Gasteiger partial charge < -0.3 is 14.7 Å². The van der Waals surface area contributed by atoms with E-state index in [0.717, 1.165) is 10.5 Å². The Morgan fingerprint density at radius 3 is 2.21 bits per heavy atom. The highest BCUT2D eigenvalue weighted by molar-refractivity contribution is 5.95. The van der Waals surface area contributed by atoms with Crippen LogP contribution in [-0.4, -0.2) is 41.1 Å². The van der Waals surface area contributed by atoms with Crippen LogP contribution in [0.15, 0.2) is 54.6 Å². The Labute approximate surface area is 159 Å². The number of carboxylic acid groups (broad SMARTS) is 1. The molecule has 2 atom stereocenters. The number of hydrogen-bond acceptors (Lipinski definition) is 3. The van der Waals surface area contributed by atoms with Gasteiger partial charge in [-0.1, -0.05) is 30.3 Å². The van der Waals surface area contributed by atoms with Gasteiger partial charge in [0.25, 0.3) is 5.91 Å². The zero-order valence-corrected chi connectivity index (χ0v) is 14.7. The Bertz CT molecular complexity index is 837. The number of rotatable bonds is 5. The van der Waals surface area contributed by atoms with Crippen LogP contribution in [0.5, 0.6) is 5.75 Å². The first-order chi connectivity index (χ1) is 13.3. The lowest BCUT2D eigenvalue weighted by atomic mass is 9.96. The highest BCUT2D eigenvalue weighted by atomic mass is 19.4. The Balaban J connectivity index is 1.65. The zero-order valence-electron chi connectivity index (χ0n) is 14.7. The molecule has 0 unspecified atom stereocenters. The normalized spacial score (nSPS) is 19.5. The van der Waals surface area contributed by atoms with E-state index < -0.39 is 43.0 Å². The molecule has 0 spiro atoms. The van der Waals surface area contributed by atoms with Gasteiger partial charge in [0.15, 0.2) is 0 Å². The minimum Gasteiger partial charge on any atom is -0.489 e. The SMILES string of the molecule is O=C(O)[C@@H]1CN(C(=O)c2ccc(OCc3ccccc3)cc2)C[C@H]1C(F)(F)F. The second kappa shape index (κ2) is 7.92. The van der Waals surface area contributed by atoms with Gasteiger partial charge in [-0.05, 0) is 29.8 Å². The molecular weight excluding hydrogens is 375 g/mol. The number of alkyl halides is 3. The molecule has 3 rings (SSSR count). The van der Waals surface area contributed by atoms with Gasteiger partial charge in [-0.3, -0.25) is 9.59 Å². The maximum Gasteiger partial charge on any atom is 0.394 e. The van der Waals surface area contributed by atoms with Crippen molar-refractivity contribution in [3.05, 3.63) is 65.7 Å². The number of likely N-dealkylation sites (tertiary alicyclic amines) is 1. The maximum atomic E-state index is 13.1. The summed E-state index contributed by atoms with van der Waals surface area (Å²) in [6, 6.07) is 15.5. The summed E-state index contributed by atoms with van der Waals surface area (Å²) in [7, 11) is 0. The topological polar surface area (TPSA) is 66.8 Å². The minimum absolute atomic E-state index is 0.180. The largest absolute Gasteiger partial charge is 0.489 e. The quantitative estimate of drug-likeness (QED) is 0.843. The van der Waals surface area contributed by atoms with E-state index in [0.29, 0.717) is 12.4 Å². The second-order valence-electron chi connectivity index (χ2n) is 6.60. The number of amides is 1. The number of benzene rings is 2. The van der Waals surface area contributed by atoms with Crippen molar-refractivity contribution in [2.24, 2.45) is 11.8 Å². The van der Waals surface area contributed by atoms with Gasteiger partial charge in [0.2, 0.25) is 0 Å². The average Bonchev–Trinajstić information content (AvgIpc) is 3.13. The third-order valence-corrected chi connectivity index (χ3v) is 4.69. The first-order valence-electron chi connectivity index (χ1n) is 8.61. The van der Waals surface area contributed by atoms with Crippen molar-refractivity contribution in [1.82, 2.24) is 4.90 Å². The molecule has 0 aliphatic carbocycles. The van der Waals surface area contributed by atoms with Crippen LogP contribution in [-0.2, 0) is 11.4 Å². The molecule has 1 amide bonds. The lowest BCUT2D eigenvalue weighted by Gasteiger charge is -2.18. The van der Waals surface area contributed by atoms with Crippen molar-refractivity contribution in [2.75, 3.05) is 13.1 Å². The van der Waals surface area contributed by atoms with E-state index in [1.54, 1.807) is 12.1 Å². The van der Waals surface area contributed by atoms with Crippen LogP contribution >= 0.6 is 0 Å². The molecule has 2 aromatic rings. The molecule has 0 bridgehead atoms. The monoisotopic (exact) mass is 393 g/mol. The Morgan fingerprint density at radius 2 is 1.68 bits per heavy atom. The fraction of sp³-hybridized carbons (Fsp3) is 0.300. The average molecular weight is 393 g/mol. The van der Waals surface area contributed by atoms with Gasteiger partial charge in [-0.2, -0.15) is 13.2 Å². The number of carbonyl (C=O) groups is 2.